The minimum absolute atomic E-state index is 0.109. The van der Waals surface area contributed by atoms with Gasteiger partial charge in [0.05, 0.1) is 18.3 Å². The second-order valence-corrected chi connectivity index (χ2v) is 5.09. The highest BCUT2D eigenvalue weighted by atomic mass is 19.1. The smallest absolute Gasteiger partial charge is 0.241 e. The van der Waals surface area contributed by atoms with E-state index in [-0.39, 0.29) is 23.7 Å². The molecule has 1 heterocycles. The van der Waals surface area contributed by atoms with Crippen molar-refractivity contribution in [1.29, 1.82) is 0 Å². The van der Waals surface area contributed by atoms with Gasteiger partial charge >= 0.3 is 0 Å². The van der Waals surface area contributed by atoms with Crippen LogP contribution in [0, 0.1) is 5.82 Å². The molecule has 0 aromatic heterocycles. The lowest BCUT2D eigenvalue weighted by Gasteiger charge is -2.28. The van der Waals surface area contributed by atoms with Gasteiger partial charge in [-0.05, 0) is 38.6 Å². The van der Waals surface area contributed by atoms with Crippen LogP contribution >= 0.6 is 0 Å². The topological polar surface area (TPSA) is 67.6 Å². The van der Waals surface area contributed by atoms with E-state index in [1.165, 1.54) is 18.2 Å². The average Bonchev–Trinajstić information content (AvgIpc) is 2.95. The molecule has 3 N–H and O–H groups in total. The molecule has 1 aromatic carbocycles. The molecule has 0 spiro atoms. The summed E-state index contributed by atoms with van der Waals surface area (Å²) in [5, 5.41) is 2.58. The number of likely N-dealkylation sites (N-methyl/N-ethyl adjacent to an activating group) is 1. The number of nitrogen functional groups attached to an aromatic ring is 1. The molecule has 6 heteroatoms. The number of ether oxygens (including phenoxy) is 1. The fourth-order valence-electron chi connectivity index (χ4n) is 2.22. The van der Waals surface area contributed by atoms with E-state index >= 15 is 0 Å². The molecule has 0 aliphatic carbocycles. The first-order valence-electron chi connectivity index (χ1n) is 6.64. The summed E-state index contributed by atoms with van der Waals surface area (Å²) >= 11 is 0. The Labute approximate surface area is 117 Å². The summed E-state index contributed by atoms with van der Waals surface area (Å²) in [6.45, 7) is 3.13. The molecule has 1 aliphatic heterocycles. The van der Waals surface area contributed by atoms with Gasteiger partial charge in [0.2, 0.25) is 5.91 Å². The predicted molar refractivity (Wildman–Crippen MR) is 75.9 cm³/mol. The van der Waals surface area contributed by atoms with E-state index in [1.54, 1.807) is 6.92 Å². The molecule has 1 fully saturated rings. The van der Waals surface area contributed by atoms with Gasteiger partial charge in [-0.1, -0.05) is 0 Å². The van der Waals surface area contributed by atoms with Crippen LogP contribution in [-0.2, 0) is 9.53 Å². The number of carbonyl (C=O) groups is 1. The van der Waals surface area contributed by atoms with Crippen molar-refractivity contribution in [2.75, 3.05) is 31.3 Å². The summed E-state index contributed by atoms with van der Waals surface area (Å²) in [4.78, 5) is 14.1. The van der Waals surface area contributed by atoms with E-state index in [1.807, 2.05) is 11.9 Å². The van der Waals surface area contributed by atoms with Gasteiger partial charge in [0.25, 0.3) is 0 Å². The van der Waals surface area contributed by atoms with Crippen molar-refractivity contribution < 1.29 is 13.9 Å². The average molecular weight is 281 g/mol. The molecular weight excluding hydrogens is 261 g/mol. The number of halogens is 1. The van der Waals surface area contributed by atoms with Crippen molar-refractivity contribution >= 4 is 17.3 Å². The van der Waals surface area contributed by atoms with E-state index in [4.69, 9.17) is 10.5 Å². The third-order valence-electron chi connectivity index (χ3n) is 3.72. The minimum Gasteiger partial charge on any atom is -0.399 e. The van der Waals surface area contributed by atoms with Gasteiger partial charge in [0, 0.05) is 18.3 Å². The van der Waals surface area contributed by atoms with E-state index in [0.29, 0.717) is 18.9 Å². The molecule has 20 heavy (non-hydrogen) atoms. The molecular formula is C14H20FN3O2. The SMILES string of the molecule is CC(C(=O)Nc1cc(N)ccc1F)N(C)C1CCOC1. The van der Waals surface area contributed by atoms with Crippen molar-refractivity contribution in [3.63, 3.8) is 0 Å². The van der Waals surface area contributed by atoms with Crippen LogP contribution in [-0.4, -0.2) is 43.2 Å². The first-order chi connectivity index (χ1) is 9.49. The largest absolute Gasteiger partial charge is 0.399 e. The van der Waals surface area contributed by atoms with Crippen molar-refractivity contribution in [2.24, 2.45) is 0 Å². The Morgan fingerprint density at radius 1 is 1.60 bits per heavy atom. The highest BCUT2D eigenvalue weighted by Gasteiger charge is 2.28. The van der Waals surface area contributed by atoms with E-state index in [0.717, 1.165) is 6.42 Å². The number of anilines is 2. The number of nitrogens with one attached hydrogen (secondary N) is 1. The Hall–Kier alpha value is -1.66. The number of hydrogen-bond acceptors (Lipinski definition) is 4. The maximum atomic E-state index is 13.6. The predicted octanol–water partition coefficient (Wildman–Crippen LogP) is 1.46. The third-order valence-corrected chi connectivity index (χ3v) is 3.72. The minimum atomic E-state index is -0.494. The summed E-state index contributed by atoms with van der Waals surface area (Å²) in [7, 11) is 1.87. The summed E-state index contributed by atoms with van der Waals surface area (Å²) in [6.07, 6.45) is 0.904. The van der Waals surface area contributed by atoms with Gasteiger partial charge in [0.1, 0.15) is 5.82 Å². The Morgan fingerprint density at radius 2 is 2.35 bits per heavy atom. The highest BCUT2D eigenvalue weighted by molar-refractivity contribution is 5.95. The Kier molecular flexibility index (Phi) is 4.57. The fraction of sp³-hybridized carbons (Fsp3) is 0.500. The fourth-order valence-corrected chi connectivity index (χ4v) is 2.22. The molecule has 0 bridgehead atoms. The molecule has 0 radical (unpaired) electrons. The number of benzene rings is 1. The Balaban J connectivity index is 2.01. The van der Waals surface area contributed by atoms with Crippen LogP contribution in [0.4, 0.5) is 15.8 Å². The number of rotatable bonds is 4. The highest BCUT2D eigenvalue weighted by Crippen LogP contribution is 2.19. The second-order valence-electron chi connectivity index (χ2n) is 5.09. The molecule has 1 aromatic rings. The number of hydrogen-bond donors (Lipinski definition) is 2. The van der Waals surface area contributed by atoms with Crippen molar-refractivity contribution in [2.45, 2.75) is 25.4 Å². The third kappa shape index (κ3) is 3.26. The van der Waals surface area contributed by atoms with Crippen LogP contribution in [0.15, 0.2) is 18.2 Å². The number of carbonyl (C=O) groups excluding carboxylic acids is 1. The normalized spacial score (nSPS) is 20.1. The van der Waals surface area contributed by atoms with E-state index in [9.17, 15) is 9.18 Å². The van der Waals surface area contributed by atoms with Gasteiger partial charge in [-0.25, -0.2) is 4.39 Å². The summed E-state index contributed by atoms with van der Waals surface area (Å²) in [5.74, 6) is -0.754. The zero-order valence-corrected chi connectivity index (χ0v) is 11.7. The van der Waals surface area contributed by atoms with Gasteiger partial charge in [-0.3, -0.25) is 9.69 Å². The molecule has 1 saturated heterocycles. The number of nitrogens with two attached hydrogens (primary N) is 1. The van der Waals surface area contributed by atoms with E-state index < -0.39 is 5.82 Å². The summed E-state index contributed by atoms with van der Waals surface area (Å²) < 4.78 is 18.9. The van der Waals surface area contributed by atoms with Gasteiger partial charge in [-0.15, -0.1) is 0 Å². The summed E-state index contributed by atoms with van der Waals surface area (Å²) in [5.41, 5.74) is 6.11. The Morgan fingerprint density at radius 3 is 3.00 bits per heavy atom. The van der Waals surface area contributed by atoms with Gasteiger partial charge in [0.15, 0.2) is 0 Å². The van der Waals surface area contributed by atoms with Crippen LogP contribution in [0.5, 0.6) is 0 Å². The zero-order valence-electron chi connectivity index (χ0n) is 11.7. The number of nitrogens with zero attached hydrogens (tertiary/aromatic N) is 1. The molecule has 2 atom stereocenters. The lowest BCUT2D eigenvalue weighted by Crippen LogP contribution is -2.45. The molecule has 5 nitrogen and oxygen atoms in total. The molecule has 1 amide bonds. The molecule has 0 saturated carbocycles. The Bertz CT molecular complexity index is 489. The second kappa shape index (κ2) is 6.19. The van der Waals surface area contributed by atoms with Crippen LogP contribution in [0.1, 0.15) is 13.3 Å². The molecule has 1 aliphatic rings. The lowest BCUT2D eigenvalue weighted by atomic mass is 10.1. The molecule has 2 rings (SSSR count). The maximum Gasteiger partial charge on any atom is 0.241 e. The molecule has 110 valence electrons. The van der Waals surface area contributed by atoms with Crippen molar-refractivity contribution in [1.82, 2.24) is 4.90 Å². The molecule has 2 unspecified atom stereocenters. The number of amides is 1. The van der Waals surface area contributed by atoms with Gasteiger partial charge < -0.3 is 15.8 Å². The first kappa shape index (κ1) is 14.7. The first-order valence-corrected chi connectivity index (χ1v) is 6.64. The van der Waals surface area contributed by atoms with Crippen molar-refractivity contribution in [3.05, 3.63) is 24.0 Å². The van der Waals surface area contributed by atoms with E-state index in [2.05, 4.69) is 5.32 Å². The van der Waals surface area contributed by atoms with Crippen LogP contribution in [0.25, 0.3) is 0 Å². The maximum absolute atomic E-state index is 13.6. The van der Waals surface area contributed by atoms with Crippen molar-refractivity contribution in [3.8, 4) is 0 Å². The van der Waals surface area contributed by atoms with Crippen LogP contribution < -0.4 is 11.1 Å². The van der Waals surface area contributed by atoms with Gasteiger partial charge in [-0.2, -0.15) is 0 Å². The lowest BCUT2D eigenvalue weighted by molar-refractivity contribution is -0.121. The van der Waals surface area contributed by atoms with Crippen LogP contribution in [0.2, 0.25) is 0 Å². The quantitative estimate of drug-likeness (QED) is 0.820. The van der Waals surface area contributed by atoms with Crippen LogP contribution in [0.3, 0.4) is 0 Å². The standard InChI is InChI=1S/C14H20FN3O2/c1-9(18(2)11-5-6-20-8-11)14(19)17-13-7-10(16)3-4-12(13)15/h3-4,7,9,11H,5-6,8,16H2,1-2H3,(H,17,19). The summed E-state index contributed by atoms with van der Waals surface area (Å²) in [6, 6.07) is 3.96. The zero-order chi connectivity index (χ0) is 14.7. The monoisotopic (exact) mass is 281 g/mol.